The Hall–Kier alpha value is -0.570. The summed E-state index contributed by atoms with van der Waals surface area (Å²) in [4.78, 5) is 18.1. The lowest BCUT2D eigenvalue weighted by molar-refractivity contribution is -0.135. The number of unbranched alkanes of at least 4 members (excludes halogenated alkanes) is 8. The Morgan fingerprint density at radius 3 is 1.82 bits per heavy atom. The molecule has 0 aromatic rings. The number of hydrogen-bond donors (Lipinski definition) is 0. The average molecular weight is 477 g/mol. The molecule has 4 atom stereocenters. The van der Waals surface area contributed by atoms with Crippen LogP contribution in [0.15, 0.2) is 0 Å². The van der Waals surface area contributed by atoms with Gasteiger partial charge < -0.3 is 4.90 Å². The van der Waals surface area contributed by atoms with Gasteiger partial charge in [-0.05, 0) is 43.9 Å². The number of likely N-dealkylation sites (tertiary alicyclic amines) is 1. The lowest BCUT2D eigenvalue weighted by atomic mass is 9.93. The van der Waals surface area contributed by atoms with Gasteiger partial charge in [0.15, 0.2) is 0 Å². The zero-order chi connectivity index (χ0) is 24.6. The van der Waals surface area contributed by atoms with Gasteiger partial charge in [0.05, 0.1) is 0 Å². The summed E-state index contributed by atoms with van der Waals surface area (Å²) in [6, 6.07) is 1.26. The molecule has 2 heterocycles. The molecule has 2 saturated heterocycles. The Bertz CT molecular complexity index is 508. The van der Waals surface area contributed by atoms with Gasteiger partial charge in [-0.2, -0.15) is 0 Å². The fourth-order valence-corrected chi connectivity index (χ4v) is 6.48. The number of carbonyl (C=O) groups is 1. The van der Waals surface area contributed by atoms with E-state index in [-0.39, 0.29) is 0 Å². The van der Waals surface area contributed by atoms with Crippen molar-refractivity contribution in [3.8, 4) is 0 Å². The van der Waals surface area contributed by atoms with E-state index in [9.17, 15) is 4.79 Å². The summed E-state index contributed by atoms with van der Waals surface area (Å²) in [5, 5.41) is 0. The predicted octanol–water partition coefficient (Wildman–Crippen LogP) is 8.61. The van der Waals surface area contributed by atoms with Gasteiger partial charge in [0, 0.05) is 38.1 Å². The molecule has 34 heavy (non-hydrogen) atoms. The minimum Gasteiger partial charge on any atom is -0.340 e. The first kappa shape index (κ1) is 29.7. The lowest BCUT2D eigenvalue weighted by Crippen LogP contribution is -2.56. The molecule has 200 valence electrons. The van der Waals surface area contributed by atoms with Crippen LogP contribution in [0.4, 0.5) is 0 Å². The summed E-state index contributed by atoms with van der Waals surface area (Å²) < 4.78 is 0. The normalized spacial score (nSPS) is 22.3. The maximum absolute atomic E-state index is 13.0. The quantitative estimate of drug-likeness (QED) is 0.164. The van der Waals surface area contributed by atoms with Crippen LogP contribution in [0.25, 0.3) is 0 Å². The Labute approximate surface area is 213 Å². The van der Waals surface area contributed by atoms with Crippen LogP contribution in [0.1, 0.15) is 150 Å². The Morgan fingerprint density at radius 1 is 0.706 bits per heavy atom. The summed E-state index contributed by atoms with van der Waals surface area (Å²) in [7, 11) is 0. The van der Waals surface area contributed by atoms with E-state index < -0.39 is 0 Å². The van der Waals surface area contributed by atoms with Crippen LogP contribution in [0.2, 0.25) is 0 Å². The number of nitrogens with zero attached hydrogens (tertiary/aromatic N) is 2. The zero-order valence-corrected chi connectivity index (χ0v) is 23.7. The van der Waals surface area contributed by atoms with Crippen molar-refractivity contribution in [2.75, 3.05) is 19.6 Å². The molecule has 2 fully saturated rings. The maximum Gasteiger partial charge on any atom is 0.222 e. The third kappa shape index (κ3) is 11.0. The highest BCUT2D eigenvalue weighted by molar-refractivity contribution is 5.76. The molecule has 0 spiro atoms. The molecule has 2 rings (SSSR count). The van der Waals surface area contributed by atoms with Gasteiger partial charge in [0.1, 0.15) is 0 Å². The number of fused-ring (bicyclic) bond motifs is 2. The SMILES string of the molecule is CCCCCCCC(CCCCC)CN1[C@@H]2CC[C@H]1CN(C(=O)CCCC(C)CCCCC)C2. The van der Waals surface area contributed by atoms with Gasteiger partial charge in [0.25, 0.3) is 0 Å². The van der Waals surface area contributed by atoms with Crippen molar-refractivity contribution >= 4 is 5.91 Å². The fourth-order valence-electron chi connectivity index (χ4n) is 6.48. The molecule has 2 bridgehead atoms. The number of amides is 1. The smallest absolute Gasteiger partial charge is 0.222 e. The minimum absolute atomic E-state index is 0.438. The highest BCUT2D eigenvalue weighted by Crippen LogP contribution is 2.33. The molecule has 0 aromatic heterocycles. The van der Waals surface area contributed by atoms with Gasteiger partial charge in [-0.15, -0.1) is 0 Å². The van der Waals surface area contributed by atoms with E-state index in [1.54, 1.807) is 0 Å². The first-order valence-electron chi connectivity index (χ1n) is 15.6. The van der Waals surface area contributed by atoms with Gasteiger partial charge in [0.2, 0.25) is 5.91 Å². The number of carbonyl (C=O) groups excluding carboxylic acids is 1. The average Bonchev–Trinajstić information content (AvgIpc) is 3.04. The molecule has 1 amide bonds. The van der Waals surface area contributed by atoms with Gasteiger partial charge >= 0.3 is 0 Å². The standard InChI is InChI=1S/C31H60N2O/c1-5-8-11-12-15-20-28(19-14-10-7-3)24-33-29-22-23-30(33)26-32(25-29)31(34)21-16-18-27(4)17-13-9-6-2/h27-30H,5-26H2,1-4H3/t27?,28?,29-,30+. The van der Waals surface area contributed by atoms with Crippen molar-refractivity contribution < 1.29 is 4.79 Å². The van der Waals surface area contributed by atoms with Crippen molar-refractivity contribution in [1.29, 1.82) is 0 Å². The van der Waals surface area contributed by atoms with Crippen LogP contribution in [0, 0.1) is 11.8 Å². The van der Waals surface area contributed by atoms with Crippen LogP contribution in [-0.4, -0.2) is 47.4 Å². The van der Waals surface area contributed by atoms with E-state index in [4.69, 9.17) is 0 Å². The molecule has 0 saturated carbocycles. The minimum atomic E-state index is 0.438. The predicted molar refractivity (Wildman–Crippen MR) is 148 cm³/mol. The van der Waals surface area contributed by atoms with Gasteiger partial charge in [-0.25, -0.2) is 0 Å². The molecular weight excluding hydrogens is 416 g/mol. The maximum atomic E-state index is 13.0. The highest BCUT2D eigenvalue weighted by atomic mass is 16.2. The second kappa shape index (κ2) is 17.8. The second-order valence-electron chi connectivity index (χ2n) is 11.9. The van der Waals surface area contributed by atoms with E-state index in [2.05, 4.69) is 37.5 Å². The van der Waals surface area contributed by atoms with Crippen molar-refractivity contribution in [3.63, 3.8) is 0 Å². The number of rotatable bonds is 20. The van der Waals surface area contributed by atoms with Crippen LogP contribution in [0.3, 0.4) is 0 Å². The largest absolute Gasteiger partial charge is 0.340 e. The summed E-state index contributed by atoms with van der Waals surface area (Å²) in [5.74, 6) is 2.08. The number of hydrogen-bond acceptors (Lipinski definition) is 2. The Balaban J connectivity index is 1.75. The molecule has 0 radical (unpaired) electrons. The first-order chi connectivity index (χ1) is 16.6. The van der Waals surface area contributed by atoms with Crippen LogP contribution in [-0.2, 0) is 4.79 Å². The van der Waals surface area contributed by atoms with Crippen LogP contribution >= 0.6 is 0 Å². The number of piperazine rings is 1. The van der Waals surface area contributed by atoms with Crippen LogP contribution in [0.5, 0.6) is 0 Å². The summed E-state index contributed by atoms with van der Waals surface area (Å²) >= 11 is 0. The molecule has 2 aliphatic heterocycles. The zero-order valence-electron chi connectivity index (χ0n) is 23.7. The third-order valence-corrected chi connectivity index (χ3v) is 8.78. The summed E-state index contributed by atoms with van der Waals surface area (Å²) in [6.07, 6.45) is 25.0. The third-order valence-electron chi connectivity index (χ3n) is 8.78. The molecule has 0 N–H and O–H groups in total. The Morgan fingerprint density at radius 2 is 1.21 bits per heavy atom. The van der Waals surface area contributed by atoms with Crippen molar-refractivity contribution in [1.82, 2.24) is 9.80 Å². The monoisotopic (exact) mass is 476 g/mol. The molecule has 0 aliphatic carbocycles. The van der Waals surface area contributed by atoms with E-state index in [0.717, 1.165) is 37.8 Å². The first-order valence-corrected chi connectivity index (χ1v) is 15.6. The van der Waals surface area contributed by atoms with Gasteiger partial charge in [-0.3, -0.25) is 9.69 Å². The van der Waals surface area contributed by atoms with E-state index in [1.165, 1.54) is 116 Å². The van der Waals surface area contributed by atoms with E-state index in [1.807, 2.05) is 0 Å². The van der Waals surface area contributed by atoms with Crippen LogP contribution < -0.4 is 0 Å². The second-order valence-corrected chi connectivity index (χ2v) is 11.9. The van der Waals surface area contributed by atoms with E-state index in [0.29, 0.717) is 18.0 Å². The molecule has 0 aromatic carbocycles. The molecule has 2 unspecified atom stereocenters. The molecular formula is C31H60N2O. The molecule has 3 nitrogen and oxygen atoms in total. The van der Waals surface area contributed by atoms with Gasteiger partial charge in [-0.1, -0.05) is 111 Å². The summed E-state index contributed by atoms with van der Waals surface area (Å²) in [6.45, 7) is 12.6. The topological polar surface area (TPSA) is 23.6 Å². The highest BCUT2D eigenvalue weighted by Gasteiger charge is 2.41. The summed E-state index contributed by atoms with van der Waals surface area (Å²) in [5.41, 5.74) is 0. The molecule has 3 heteroatoms. The fraction of sp³-hybridized carbons (Fsp3) is 0.968. The van der Waals surface area contributed by atoms with Crippen molar-refractivity contribution in [3.05, 3.63) is 0 Å². The lowest BCUT2D eigenvalue weighted by Gasteiger charge is -2.42. The van der Waals surface area contributed by atoms with Crippen molar-refractivity contribution in [2.45, 2.75) is 162 Å². The van der Waals surface area contributed by atoms with E-state index >= 15 is 0 Å². The van der Waals surface area contributed by atoms with Crippen molar-refractivity contribution in [2.24, 2.45) is 11.8 Å². The molecule has 2 aliphatic rings. The Kier molecular flexibility index (Phi) is 15.5.